The molecular formula is C24H33NO8. The Morgan fingerprint density at radius 1 is 1.00 bits per heavy atom. The van der Waals surface area contributed by atoms with Crippen LogP contribution in [0.25, 0.3) is 0 Å². The minimum Gasteiger partial charge on any atom is -0.392 e. The summed E-state index contributed by atoms with van der Waals surface area (Å²) < 4.78 is 5.91. The van der Waals surface area contributed by atoms with Crippen LogP contribution in [-0.2, 0) is 19.1 Å². The number of ketones is 1. The van der Waals surface area contributed by atoms with E-state index in [9.17, 15) is 34.8 Å². The monoisotopic (exact) mass is 463 g/mol. The number of ether oxygens (including phenoxy) is 1. The second-order valence-electron chi connectivity index (χ2n) is 12.0. The van der Waals surface area contributed by atoms with Crippen LogP contribution in [0, 0.1) is 39.9 Å². The molecule has 0 aromatic rings. The van der Waals surface area contributed by atoms with Crippen molar-refractivity contribution >= 4 is 17.6 Å². The highest BCUT2D eigenvalue weighted by Crippen LogP contribution is 2.76. The van der Waals surface area contributed by atoms with Gasteiger partial charge in [0.1, 0.15) is 11.5 Å². The molecule has 7 rings (SSSR count). The Morgan fingerprint density at radius 3 is 2.33 bits per heavy atom. The van der Waals surface area contributed by atoms with Gasteiger partial charge in [-0.25, -0.2) is 0 Å². The Kier molecular flexibility index (Phi) is 4.31. The molecule has 9 heteroatoms. The Hall–Kier alpha value is -1.39. The zero-order valence-corrected chi connectivity index (χ0v) is 19.1. The summed E-state index contributed by atoms with van der Waals surface area (Å²) in [6.07, 6.45) is -1.25. The average molecular weight is 464 g/mol. The highest BCUT2D eigenvalue weighted by molar-refractivity contribution is 6.03. The first-order valence-electron chi connectivity index (χ1n) is 12.2. The average Bonchev–Trinajstić information content (AvgIpc) is 3.11. The predicted octanol–water partition coefficient (Wildman–Crippen LogP) is -0.415. The van der Waals surface area contributed by atoms with Crippen LogP contribution in [0.3, 0.4) is 0 Å². The number of aliphatic hydroxyl groups excluding tert-OH is 3. The third-order valence-corrected chi connectivity index (χ3v) is 10.6. The molecule has 7 fully saturated rings. The van der Waals surface area contributed by atoms with Crippen molar-refractivity contribution in [2.45, 2.75) is 76.5 Å². The van der Waals surface area contributed by atoms with Gasteiger partial charge in [0.15, 0.2) is 5.78 Å². The van der Waals surface area contributed by atoms with E-state index in [1.807, 2.05) is 13.8 Å². The lowest BCUT2D eigenvalue weighted by molar-refractivity contribution is -0.458. The van der Waals surface area contributed by atoms with E-state index in [4.69, 9.17) is 4.74 Å². The maximum Gasteiger partial charge on any atom is 0.229 e. The minimum absolute atomic E-state index is 0.0146. The number of carbonyl (C=O) groups is 3. The van der Waals surface area contributed by atoms with Crippen molar-refractivity contribution in [2.75, 3.05) is 13.2 Å². The van der Waals surface area contributed by atoms with Crippen molar-refractivity contribution in [3.05, 3.63) is 0 Å². The summed E-state index contributed by atoms with van der Waals surface area (Å²) in [5.41, 5.74) is -3.17. The molecule has 9 nitrogen and oxygen atoms in total. The molecule has 0 aromatic carbocycles. The summed E-state index contributed by atoms with van der Waals surface area (Å²) in [6.45, 7) is 3.92. The highest BCUT2D eigenvalue weighted by atomic mass is 16.6. The molecule has 2 spiro atoms. The quantitative estimate of drug-likeness (QED) is 0.404. The molecule has 4 bridgehead atoms. The lowest BCUT2D eigenvalue weighted by Gasteiger charge is -2.74. The number of hydrogen-bond donors (Lipinski definition) is 4. The van der Waals surface area contributed by atoms with Crippen LogP contribution < -0.4 is 0 Å². The molecule has 4 saturated carbocycles. The lowest BCUT2D eigenvalue weighted by atomic mass is 9.35. The zero-order valence-electron chi connectivity index (χ0n) is 19.1. The molecule has 3 saturated heterocycles. The Labute approximate surface area is 192 Å². The van der Waals surface area contributed by atoms with E-state index in [1.165, 1.54) is 0 Å². The fraction of sp³-hybridized carbons (Fsp3) is 0.875. The van der Waals surface area contributed by atoms with E-state index >= 15 is 0 Å². The number of imide groups is 1. The molecule has 3 aliphatic heterocycles. The molecule has 4 aliphatic carbocycles. The van der Waals surface area contributed by atoms with Crippen LogP contribution in [0.1, 0.15) is 52.4 Å². The van der Waals surface area contributed by atoms with Crippen LogP contribution in [-0.4, -0.2) is 80.2 Å². The normalized spacial score (nSPS) is 54.5. The van der Waals surface area contributed by atoms with Crippen molar-refractivity contribution in [3.63, 3.8) is 0 Å². The summed E-state index contributed by atoms with van der Waals surface area (Å²) in [5.74, 6) is -5.87. The van der Waals surface area contributed by atoms with Gasteiger partial charge in [0.25, 0.3) is 0 Å². The predicted molar refractivity (Wildman–Crippen MR) is 111 cm³/mol. The molecule has 0 aromatic heterocycles. The summed E-state index contributed by atoms with van der Waals surface area (Å²) in [4.78, 5) is 39.8. The van der Waals surface area contributed by atoms with Gasteiger partial charge >= 0.3 is 0 Å². The SMILES string of the molecule is CC1(C)CC[C@H](O)[C@]23CO[C@](O)([C@@H](O)[C@H]12)[C@]12C(=O)[C@H](CN4C(=O)CCC4=O)[C@H](CC[C@@H]31)[C@H]2O. The van der Waals surface area contributed by atoms with Gasteiger partial charge in [0.2, 0.25) is 17.6 Å². The van der Waals surface area contributed by atoms with Crippen molar-refractivity contribution in [1.82, 2.24) is 4.90 Å². The number of carbonyl (C=O) groups excluding carboxylic acids is 3. The van der Waals surface area contributed by atoms with Crippen molar-refractivity contribution < 1.29 is 39.5 Å². The van der Waals surface area contributed by atoms with Crippen molar-refractivity contribution in [1.29, 1.82) is 0 Å². The summed E-state index contributed by atoms with van der Waals surface area (Å²) in [7, 11) is 0. The summed E-state index contributed by atoms with van der Waals surface area (Å²) in [6, 6.07) is 0. The molecule has 2 amide bonds. The standard InChI is InChI=1S/C24H33NO8/c1-21(2)8-7-14(26)22-10-33-24(32,20(31)17(21)22)23-13(22)4-3-11(18(23)29)12(19(23)30)9-25-15(27)5-6-16(25)28/h11-14,17-18,20,26,29,31-32H,3-10H2,1-2H3/t11-,12+,13-,14-,17+,18+,20-,22+,23+,24+/m0/s1. The van der Waals surface area contributed by atoms with Crippen LogP contribution in [0.15, 0.2) is 0 Å². The lowest BCUT2D eigenvalue weighted by Crippen LogP contribution is -2.85. The maximum atomic E-state index is 14.2. The van der Waals surface area contributed by atoms with Crippen molar-refractivity contribution in [2.24, 2.45) is 39.9 Å². The zero-order chi connectivity index (χ0) is 23.7. The van der Waals surface area contributed by atoms with Gasteiger partial charge in [-0.3, -0.25) is 19.3 Å². The molecule has 3 heterocycles. The van der Waals surface area contributed by atoms with Crippen LogP contribution in [0.5, 0.6) is 0 Å². The van der Waals surface area contributed by atoms with Gasteiger partial charge in [-0.15, -0.1) is 0 Å². The van der Waals surface area contributed by atoms with Gasteiger partial charge in [0.05, 0.1) is 18.8 Å². The number of amides is 2. The number of likely N-dealkylation sites (tertiary alicyclic amines) is 1. The van der Waals surface area contributed by atoms with E-state index in [2.05, 4.69) is 0 Å². The third-order valence-electron chi connectivity index (χ3n) is 10.6. The second-order valence-corrected chi connectivity index (χ2v) is 12.0. The first-order valence-corrected chi connectivity index (χ1v) is 12.2. The third kappa shape index (κ3) is 2.20. The van der Waals surface area contributed by atoms with Crippen LogP contribution in [0.4, 0.5) is 0 Å². The van der Waals surface area contributed by atoms with Gasteiger partial charge in [-0.2, -0.15) is 0 Å². The molecule has 7 aliphatic rings. The maximum absolute atomic E-state index is 14.2. The Morgan fingerprint density at radius 2 is 1.67 bits per heavy atom. The number of fused-ring (bicyclic) bond motifs is 2. The minimum atomic E-state index is -2.29. The molecule has 4 N–H and O–H groups in total. The van der Waals surface area contributed by atoms with E-state index < -0.39 is 69.8 Å². The smallest absolute Gasteiger partial charge is 0.229 e. The second kappa shape index (κ2) is 6.43. The highest BCUT2D eigenvalue weighted by Gasteiger charge is 2.87. The largest absolute Gasteiger partial charge is 0.392 e. The summed E-state index contributed by atoms with van der Waals surface area (Å²) in [5, 5.41) is 46.5. The molecule has 0 unspecified atom stereocenters. The summed E-state index contributed by atoms with van der Waals surface area (Å²) >= 11 is 0. The Balaban J connectivity index is 1.49. The van der Waals surface area contributed by atoms with Crippen molar-refractivity contribution in [3.8, 4) is 0 Å². The fourth-order valence-electron chi connectivity index (χ4n) is 9.34. The van der Waals surface area contributed by atoms with Gasteiger partial charge in [0, 0.05) is 36.6 Å². The number of nitrogens with zero attached hydrogens (tertiary/aromatic N) is 1. The molecule has 33 heavy (non-hydrogen) atoms. The number of rotatable bonds is 2. The topological polar surface area (TPSA) is 145 Å². The van der Waals surface area contributed by atoms with Crippen LogP contribution in [0.2, 0.25) is 0 Å². The molecule has 182 valence electrons. The number of aliphatic hydroxyl groups is 4. The van der Waals surface area contributed by atoms with E-state index in [1.54, 1.807) is 0 Å². The molecule has 10 atom stereocenters. The van der Waals surface area contributed by atoms with Gasteiger partial charge in [-0.1, -0.05) is 13.8 Å². The molecular weight excluding hydrogens is 430 g/mol. The number of hydrogen-bond acceptors (Lipinski definition) is 8. The first-order chi connectivity index (χ1) is 15.4. The van der Waals surface area contributed by atoms with E-state index in [0.29, 0.717) is 25.7 Å². The number of Topliss-reactive ketones (excluding diaryl/α,β-unsaturated/α-hetero) is 1. The first kappa shape index (κ1) is 22.1. The van der Waals surface area contributed by atoms with Gasteiger partial charge in [-0.05, 0) is 42.9 Å². The van der Waals surface area contributed by atoms with E-state index in [0.717, 1.165) is 4.90 Å². The van der Waals surface area contributed by atoms with Crippen LogP contribution >= 0.6 is 0 Å². The molecule has 0 radical (unpaired) electrons. The fourth-order valence-corrected chi connectivity index (χ4v) is 9.34. The van der Waals surface area contributed by atoms with Gasteiger partial charge < -0.3 is 25.2 Å². The van der Waals surface area contributed by atoms with E-state index in [-0.39, 0.29) is 37.8 Å². The Bertz CT molecular complexity index is 935.